The van der Waals surface area contributed by atoms with E-state index in [0.29, 0.717) is 4.83 Å². The lowest BCUT2D eigenvalue weighted by Gasteiger charge is -2.06. The lowest BCUT2D eigenvalue weighted by Crippen LogP contribution is -2.01. The van der Waals surface area contributed by atoms with Crippen LogP contribution in [0.25, 0.3) is 10.9 Å². The van der Waals surface area contributed by atoms with E-state index in [4.69, 9.17) is 5.10 Å². The summed E-state index contributed by atoms with van der Waals surface area (Å²) in [6.45, 7) is 5.32. The number of aryl methyl sites for hydroxylation is 2. The molecule has 0 aliphatic carbocycles. The topological polar surface area (TPSA) is 17.8 Å². The Bertz CT molecular complexity index is 504. The number of halogens is 1. The van der Waals surface area contributed by atoms with Crippen LogP contribution in [-0.4, -0.2) is 14.6 Å². The molecule has 0 saturated carbocycles. The van der Waals surface area contributed by atoms with Crippen LogP contribution in [0.1, 0.15) is 38.8 Å². The van der Waals surface area contributed by atoms with E-state index in [9.17, 15) is 0 Å². The summed E-state index contributed by atoms with van der Waals surface area (Å²) in [5, 5.41) is 6.05. The van der Waals surface area contributed by atoms with Gasteiger partial charge in [0.05, 0.1) is 11.2 Å². The maximum atomic E-state index is 4.74. The average molecular weight is 309 g/mol. The van der Waals surface area contributed by atoms with Gasteiger partial charge in [0.15, 0.2) is 0 Å². The highest BCUT2D eigenvalue weighted by Gasteiger charge is 2.10. The lowest BCUT2D eigenvalue weighted by atomic mass is 10.1. The van der Waals surface area contributed by atoms with Crippen LogP contribution in [0.2, 0.25) is 0 Å². The van der Waals surface area contributed by atoms with E-state index in [0.717, 1.165) is 13.0 Å². The highest BCUT2D eigenvalue weighted by atomic mass is 79.9. The Labute approximate surface area is 118 Å². The van der Waals surface area contributed by atoms with Crippen molar-refractivity contribution in [1.82, 2.24) is 9.78 Å². The molecule has 18 heavy (non-hydrogen) atoms. The number of hydrogen-bond acceptors (Lipinski definition) is 1. The quantitative estimate of drug-likeness (QED) is 0.716. The van der Waals surface area contributed by atoms with E-state index in [1.807, 2.05) is 0 Å². The van der Waals surface area contributed by atoms with Crippen molar-refractivity contribution in [3.05, 3.63) is 30.0 Å². The third-order valence-corrected chi connectivity index (χ3v) is 4.25. The molecule has 0 radical (unpaired) electrons. The monoisotopic (exact) mass is 308 g/mol. The van der Waals surface area contributed by atoms with Crippen LogP contribution in [0.3, 0.4) is 0 Å². The maximum absolute atomic E-state index is 4.74. The Morgan fingerprint density at radius 2 is 2.00 bits per heavy atom. The van der Waals surface area contributed by atoms with Crippen LogP contribution in [0.15, 0.2) is 24.3 Å². The van der Waals surface area contributed by atoms with Crippen molar-refractivity contribution in [2.24, 2.45) is 0 Å². The molecule has 0 bridgehead atoms. The van der Waals surface area contributed by atoms with Gasteiger partial charge in [0, 0.05) is 16.8 Å². The highest BCUT2D eigenvalue weighted by Crippen LogP contribution is 2.22. The molecule has 0 N–H and O–H groups in total. The summed E-state index contributed by atoms with van der Waals surface area (Å²) in [6, 6.07) is 8.54. The van der Waals surface area contributed by atoms with E-state index < -0.39 is 0 Å². The number of benzene rings is 1. The first kappa shape index (κ1) is 13.6. The van der Waals surface area contributed by atoms with E-state index in [1.54, 1.807) is 0 Å². The first-order valence-corrected chi connectivity index (χ1v) is 7.76. The molecule has 0 aliphatic rings. The molecule has 2 nitrogen and oxygen atoms in total. The average Bonchev–Trinajstić information content (AvgIpc) is 2.75. The molecular formula is C15H21BrN2. The fraction of sp³-hybridized carbons (Fsp3) is 0.533. The third kappa shape index (κ3) is 2.94. The molecule has 0 amide bonds. The van der Waals surface area contributed by atoms with Gasteiger partial charge < -0.3 is 0 Å². The van der Waals surface area contributed by atoms with Gasteiger partial charge in [-0.15, -0.1) is 0 Å². The zero-order valence-electron chi connectivity index (χ0n) is 11.2. The van der Waals surface area contributed by atoms with E-state index in [1.165, 1.54) is 35.9 Å². The maximum Gasteiger partial charge on any atom is 0.0703 e. The minimum atomic E-state index is 0.619. The number of fused-ring (bicyclic) bond motifs is 1. The van der Waals surface area contributed by atoms with Gasteiger partial charge >= 0.3 is 0 Å². The van der Waals surface area contributed by atoms with Crippen molar-refractivity contribution in [2.45, 2.75) is 50.9 Å². The molecule has 2 aromatic rings. The van der Waals surface area contributed by atoms with Crippen LogP contribution in [0.4, 0.5) is 0 Å². The molecule has 1 heterocycles. The van der Waals surface area contributed by atoms with Gasteiger partial charge in [0.1, 0.15) is 0 Å². The highest BCUT2D eigenvalue weighted by molar-refractivity contribution is 9.09. The number of aromatic nitrogens is 2. The fourth-order valence-electron chi connectivity index (χ4n) is 2.37. The third-order valence-electron chi connectivity index (χ3n) is 3.33. The number of nitrogens with zero attached hydrogens (tertiary/aromatic N) is 2. The van der Waals surface area contributed by atoms with Crippen molar-refractivity contribution in [3.63, 3.8) is 0 Å². The predicted octanol–water partition coefficient (Wildman–Crippen LogP) is 4.55. The summed E-state index contributed by atoms with van der Waals surface area (Å²) >= 11 is 3.75. The van der Waals surface area contributed by atoms with E-state index in [2.05, 4.69) is 58.7 Å². The second-order valence-corrected chi connectivity index (χ2v) is 6.00. The second kappa shape index (κ2) is 6.37. The first-order valence-electron chi connectivity index (χ1n) is 6.84. The SMILES string of the molecule is CCCC(Br)CCc1nn(CC)c2ccccc12. The Kier molecular flexibility index (Phi) is 4.81. The van der Waals surface area contributed by atoms with Gasteiger partial charge in [-0.3, -0.25) is 4.68 Å². The first-order chi connectivity index (χ1) is 8.76. The molecule has 1 unspecified atom stereocenters. The number of hydrogen-bond donors (Lipinski definition) is 0. The standard InChI is InChI=1S/C15H21BrN2/c1-3-7-12(16)10-11-14-13-8-5-6-9-15(13)18(4-2)17-14/h5-6,8-9,12H,3-4,7,10-11H2,1-2H3. The van der Waals surface area contributed by atoms with Gasteiger partial charge in [-0.1, -0.05) is 47.5 Å². The zero-order valence-corrected chi connectivity index (χ0v) is 12.8. The van der Waals surface area contributed by atoms with Gasteiger partial charge in [-0.05, 0) is 32.3 Å². The molecule has 2 rings (SSSR count). The lowest BCUT2D eigenvalue weighted by molar-refractivity contribution is 0.645. The number of alkyl halides is 1. The molecule has 1 aromatic heterocycles. The molecule has 0 fully saturated rings. The van der Waals surface area contributed by atoms with Crippen molar-refractivity contribution < 1.29 is 0 Å². The summed E-state index contributed by atoms with van der Waals surface area (Å²) in [4.78, 5) is 0.619. The van der Waals surface area contributed by atoms with Crippen molar-refractivity contribution in [1.29, 1.82) is 0 Å². The van der Waals surface area contributed by atoms with Gasteiger partial charge in [-0.2, -0.15) is 5.10 Å². The van der Waals surface area contributed by atoms with Gasteiger partial charge in [0.25, 0.3) is 0 Å². The Morgan fingerprint density at radius 3 is 2.72 bits per heavy atom. The Hall–Kier alpha value is -0.830. The number of para-hydroxylation sites is 1. The second-order valence-electron chi connectivity index (χ2n) is 4.70. The van der Waals surface area contributed by atoms with Crippen LogP contribution < -0.4 is 0 Å². The van der Waals surface area contributed by atoms with Crippen molar-refractivity contribution in [2.75, 3.05) is 0 Å². The molecular weight excluding hydrogens is 288 g/mol. The van der Waals surface area contributed by atoms with Crippen LogP contribution >= 0.6 is 15.9 Å². The van der Waals surface area contributed by atoms with Crippen LogP contribution in [0.5, 0.6) is 0 Å². The summed E-state index contributed by atoms with van der Waals surface area (Å²) in [6.07, 6.45) is 4.70. The molecule has 3 heteroatoms. The molecule has 0 aliphatic heterocycles. The zero-order chi connectivity index (χ0) is 13.0. The summed E-state index contributed by atoms with van der Waals surface area (Å²) < 4.78 is 2.10. The summed E-state index contributed by atoms with van der Waals surface area (Å²) in [7, 11) is 0. The van der Waals surface area contributed by atoms with E-state index in [-0.39, 0.29) is 0 Å². The molecule has 98 valence electrons. The smallest absolute Gasteiger partial charge is 0.0703 e. The minimum Gasteiger partial charge on any atom is -0.265 e. The molecule has 1 aromatic carbocycles. The van der Waals surface area contributed by atoms with Gasteiger partial charge in [0.2, 0.25) is 0 Å². The Morgan fingerprint density at radius 1 is 1.22 bits per heavy atom. The fourth-order valence-corrected chi connectivity index (χ4v) is 3.06. The molecule has 0 saturated heterocycles. The van der Waals surface area contributed by atoms with Crippen LogP contribution in [-0.2, 0) is 13.0 Å². The normalized spacial score (nSPS) is 13.1. The van der Waals surface area contributed by atoms with E-state index >= 15 is 0 Å². The molecule has 0 spiro atoms. The Balaban J connectivity index is 2.18. The predicted molar refractivity (Wildman–Crippen MR) is 81.4 cm³/mol. The molecule has 1 atom stereocenters. The van der Waals surface area contributed by atoms with Crippen molar-refractivity contribution in [3.8, 4) is 0 Å². The summed E-state index contributed by atoms with van der Waals surface area (Å²) in [5.41, 5.74) is 2.50. The van der Waals surface area contributed by atoms with Crippen LogP contribution in [0, 0.1) is 0 Å². The van der Waals surface area contributed by atoms with Crippen molar-refractivity contribution >= 4 is 26.8 Å². The summed E-state index contributed by atoms with van der Waals surface area (Å²) in [5.74, 6) is 0. The minimum absolute atomic E-state index is 0.619. The van der Waals surface area contributed by atoms with Gasteiger partial charge in [-0.25, -0.2) is 0 Å². The number of rotatable bonds is 6. The largest absolute Gasteiger partial charge is 0.265 e.